The van der Waals surface area contributed by atoms with Crippen LogP contribution < -0.4 is 5.32 Å². The summed E-state index contributed by atoms with van der Waals surface area (Å²) >= 11 is 0. The van der Waals surface area contributed by atoms with Gasteiger partial charge in [0.1, 0.15) is 0 Å². The van der Waals surface area contributed by atoms with E-state index in [4.69, 9.17) is 0 Å². The number of benzene rings is 1. The Morgan fingerprint density at radius 1 is 1.17 bits per heavy atom. The second-order valence-corrected chi connectivity index (χ2v) is 3.69. The van der Waals surface area contributed by atoms with Crippen molar-refractivity contribution in [3.63, 3.8) is 0 Å². The van der Waals surface area contributed by atoms with Crippen molar-refractivity contribution in [1.29, 1.82) is 0 Å². The summed E-state index contributed by atoms with van der Waals surface area (Å²) in [6.07, 6.45) is -8.32. The molecule has 0 aliphatic rings. The maximum absolute atomic E-state index is 12.4. The minimum Gasteiger partial charge on any atom is -0.387 e. The van der Waals surface area contributed by atoms with E-state index < -0.39 is 30.8 Å². The first kappa shape index (κ1) is 14.8. The standard InChI is InChI=1S/C11H12F5NO/c12-10(13)6-17-5-9(18)7-2-1-3-8(4-7)11(14,15)16/h1-4,9-10,17-18H,5-6H2. The molecule has 7 heteroatoms. The molecule has 0 aliphatic heterocycles. The van der Waals surface area contributed by atoms with Gasteiger partial charge in [-0.05, 0) is 17.7 Å². The fourth-order valence-electron chi connectivity index (χ4n) is 1.37. The Labute approximate surface area is 100 Å². The number of aliphatic hydroxyl groups is 1. The van der Waals surface area contributed by atoms with Crippen LogP contribution in [0.5, 0.6) is 0 Å². The molecule has 0 amide bonds. The van der Waals surface area contributed by atoms with Crippen molar-refractivity contribution in [1.82, 2.24) is 5.32 Å². The van der Waals surface area contributed by atoms with Crippen LogP contribution in [0, 0.1) is 0 Å². The molecule has 1 unspecified atom stereocenters. The van der Waals surface area contributed by atoms with Crippen molar-refractivity contribution in [2.75, 3.05) is 13.1 Å². The molecule has 1 aromatic carbocycles. The highest BCUT2D eigenvalue weighted by Crippen LogP contribution is 2.30. The molecule has 2 nitrogen and oxygen atoms in total. The van der Waals surface area contributed by atoms with Crippen LogP contribution in [-0.2, 0) is 6.18 Å². The Hall–Kier alpha value is -1.21. The van der Waals surface area contributed by atoms with Crippen LogP contribution in [0.4, 0.5) is 22.0 Å². The van der Waals surface area contributed by atoms with E-state index in [0.717, 1.165) is 18.2 Å². The van der Waals surface area contributed by atoms with Gasteiger partial charge in [0, 0.05) is 6.54 Å². The summed E-state index contributed by atoms with van der Waals surface area (Å²) in [4.78, 5) is 0. The average molecular weight is 269 g/mol. The molecular weight excluding hydrogens is 257 g/mol. The van der Waals surface area contributed by atoms with E-state index in [9.17, 15) is 27.1 Å². The highest BCUT2D eigenvalue weighted by atomic mass is 19.4. The monoisotopic (exact) mass is 269 g/mol. The van der Waals surface area contributed by atoms with E-state index >= 15 is 0 Å². The van der Waals surface area contributed by atoms with Crippen molar-refractivity contribution in [3.05, 3.63) is 35.4 Å². The Bertz CT molecular complexity index is 380. The molecule has 2 N–H and O–H groups in total. The van der Waals surface area contributed by atoms with Crippen molar-refractivity contribution in [2.45, 2.75) is 18.7 Å². The van der Waals surface area contributed by atoms with Gasteiger partial charge in [-0.15, -0.1) is 0 Å². The molecule has 0 aromatic heterocycles. The van der Waals surface area contributed by atoms with E-state index in [1.807, 2.05) is 0 Å². The minimum atomic E-state index is -4.49. The molecule has 0 radical (unpaired) electrons. The Morgan fingerprint density at radius 3 is 2.39 bits per heavy atom. The minimum absolute atomic E-state index is 0.0339. The summed E-state index contributed by atoms with van der Waals surface area (Å²) in [5, 5.41) is 11.8. The zero-order chi connectivity index (χ0) is 13.8. The van der Waals surface area contributed by atoms with E-state index in [-0.39, 0.29) is 12.1 Å². The maximum atomic E-state index is 12.4. The van der Waals surface area contributed by atoms with Crippen LogP contribution in [0.15, 0.2) is 24.3 Å². The quantitative estimate of drug-likeness (QED) is 0.805. The lowest BCUT2D eigenvalue weighted by molar-refractivity contribution is -0.137. The van der Waals surface area contributed by atoms with E-state index in [1.165, 1.54) is 6.07 Å². The third kappa shape index (κ3) is 4.58. The molecule has 0 aliphatic carbocycles. The van der Waals surface area contributed by atoms with E-state index in [0.29, 0.717) is 0 Å². The van der Waals surface area contributed by atoms with E-state index in [2.05, 4.69) is 5.32 Å². The van der Waals surface area contributed by atoms with Crippen LogP contribution in [0.2, 0.25) is 0 Å². The lowest BCUT2D eigenvalue weighted by atomic mass is 10.1. The lowest BCUT2D eigenvalue weighted by Crippen LogP contribution is -2.26. The highest BCUT2D eigenvalue weighted by molar-refractivity contribution is 5.27. The molecule has 102 valence electrons. The van der Waals surface area contributed by atoms with Crippen LogP contribution in [0.25, 0.3) is 0 Å². The number of aliphatic hydroxyl groups excluding tert-OH is 1. The SMILES string of the molecule is OC(CNCC(F)F)c1cccc(C(F)(F)F)c1. The molecule has 0 heterocycles. The second-order valence-electron chi connectivity index (χ2n) is 3.69. The fraction of sp³-hybridized carbons (Fsp3) is 0.455. The predicted molar refractivity (Wildman–Crippen MR) is 55.3 cm³/mol. The predicted octanol–water partition coefficient (Wildman–Crippen LogP) is 2.59. The van der Waals surface area contributed by atoms with Crippen molar-refractivity contribution < 1.29 is 27.1 Å². The van der Waals surface area contributed by atoms with Crippen LogP contribution >= 0.6 is 0 Å². The lowest BCUT2D eigenvalue weighted by Gasteiger charge is -2.14. The van der Waals surface area contributed by atoms with Gasteiger partial charge in [0.25, 0.3) is 6.43 Å². The van der Waals surface area contributed by atoms with Gasteiger partial charge in [-0.1, -0.05) is 12.1 Å². The van der Waals surface area contributed by atoms with Crippen molar-refractivity contribution >= 4 is 0 Å². The van der Waals surface area contributed by atoms with Crippen LogP contribution in [-0.4, -0.2) is 24.6 Å². The second kappa shape index (κ2) is 6.10. The molecule has 1 aromatic rings. The topological polar surface area (TPSA) is 32.3 Å². The number of hydrogen-bond acceptors (Lipinski definition) is 2. The van der Waals surface area contributed by atoms with Crippen molar-refractivity contribution in [3.8, 4) is 0 Å². The zero-order valence-corrected chi connectivity index (χ0v) is 9.22. The van der Waals surface area contributed by atoms with Gasteiger partial charge in [0.15, 0.2) is 0 Å². The summed E-state index contributed by atoms with van der Waals surface area (Å²) in [6.45, 7) is -0.846. The zero-order valence-electron chi connectivity index (χ0n) is 9.22. The van der Waals surface area contributed by atoms with Gasteiger partial charge >= 0.3 is 6.18 Å². The first-order chi connectivity index (χ1) is 8.30. The Balaban J connectivity index is 2.66. The number of rotatable bonds is 5. The summed E-state index contributed by atoms with van der Waals surface area (Å²) in [6, 6.07) is 4.15. The largest absolute Gasteiger partial charge is 0.416 e. The first-order valence-electron chi connectivity index (χ1n) is 5.15. The van der Waals surface area contributed by atoms with Gasteiger partial charge in [-0.25, -0.2) is 8.78 Å². The summed E-state index contributed by atoms with van der Waals surface area (Å²) < 4.78 is 60.8. The van der Waals surface area contributed by atoms with Gasteiger partial charge < -0.3 is 10.4 Å². The molecule has 1 atom stereocenters. The van der Waals surface area contributed by atoms with Gasteiger partial charge in [0.2, 0.25) is 0 Å². The third-order valence-electron chi connectivity index (χ3n) is 2.24. The first-order valence-corrected chi connectivity index (χ1v) is 5.15. The smallest absolute Gasteiger partial charge is 0.387 e. The molecular formula is C11H12F5NO. The highest BCUT2D eigenvalue weighted by Gasteiger charge is 2.30. The number of halogens is 5. The number of hydrogen-bond donors (Lipinski definition) is 2. The summed E-state index contributed by atoms with van der Waals surface area (Å²) in [7, 11) is 0. The number of nitrogens with one attached hydrogen (secondary N) is 1. The summed E-state index contributed by atoms with van der Waals surface area (Å²) in [5.41, 5.74) is -0.848. The van der Waals surface area contributed by atoms with Crippen LogP contribution in [0.1, 0.15) is 17.2 Å². The molecule has 1 rings (SSSR count). The Morgan fingerprint density at radius 2 is 1.83 bits per heavy atom. The fourth-order valence-corrected chi connectivity index (χ4v) is 1.37. The summed E-state index contributed by atoms with van der Waals surface area (Å²) in [5.74, 6) is 0. The van der Waals surface area contributed by atoms with Gasteiger partial charge in [0.05, 0.1) is 18.2 Å². The normalized spacial score (nSPS) is 13.9. The van der Waals surface area contributed by atoms with Gasteiger partial charge in [-0.3, -0.25) is 0 Å². The average Bonchev–Trinajstić information content (AvgIpc) is 2.27. The Kier molecular flexibility index (Phi) is 5.03. The molecule has 0 bridgehead atoms. The molecule has 0 fully saturated rings. The molecule has 0 saturated carbocycles. The van der Waals surface area contributed by atoms with E-state index in [1.54, 1.807) is 0 Å². The molecule has 18 heavy (non-hydrogen) atoms. The number of alkyl halides is 5. The molecule has 0 saturated heterocycles. The third-order valence-corrected chi connectivity index (χ3v) is 2.24. The maximum Gasteiger partial charge on any atom is 0.416 e. The van der Waals surface area contributed by atoms with Gasteiger partial charge in [-0.2, -0.15) is 13.2 Å². The van der Waals surface area contributed by atoms with Crippen LogP contribution in [0.3, 0.4) is 0 Å². The molecule has 0 spiro atoms. The van der Waals surface area contributed by atoms with Crippen molar-refractivity contribution in [2.24, 2.45) is 0 Å².